The fraction of sp³-hybridized carbons (Fsp3) is 0.900. The lowest BCUT2D eigenvalue weighted by atomic mass is 9.91. The first-order valence-corrected chi connectivity index (χ1v) is 5.10. The molecule has 1 heterocycles. The number of hydrogen-bond acceptors (Lipinski definition) is 2. The molecule has 0 bridgehead atoms. The molecule has 1 fully saturated rings. The van der Waals surface area contributed by atoms with Crippen molar-refractivity contribution in [1.29, 1.82) is 0 Å². The molecule has 0 spiro atoms. The van der Waals surface area contributed by atoms with Crippen LogP contribution in [0.3, 0.4) is 0 Å². The summed E-state index contributed by atoms with van der Waals surface area (Å²) in [4.78, 5) is 13.6. The zero-order valence-corrected chi connectivity index (χ0v) is 8.79. The van der Waals surface area contributed by atoms with Gasteiger partial charge in [-0.15, -0.1) is 0 Å². The predicted molar refractivity (Wildman–Crippen MR) is 53.2 cm³/mol. The Labute approximate surface area is 80.3 Å². The molecule has 1 aliphatic rings. The van der Waals surface area contributed by atoms with Gasteiger partial charge in [0.1, 0.15) is 0 Å². The van der Waals surface area contributed by atoms with Crippen LogP contribution < -0.4 is 5.73 Å². The van der Waals surface area contributed by atoms with Crippen LogP contribution in [-0.4, -0.2) is 29.4 Å². The molecule has 13 heavy (non-hydrogen) atoms. The lowest BCUT2D eigenvalue weighted by molar-refractivity contribution is -0.136. The van der Waals surface area contributed by atoms with Gasteiger partial charge >= 0.3 is 0 Å². The second-order valence-electron chi connectivity index (χ2n) is 4.18. The second-order valence-corrected chi connectivity index (χ2v) is 4.18. The topological polar surface area (TPSA) is 46.3 Å². The first-order chi connectivity index (χ1) is 6.04. The standard InChI is InChI=1S/C10H20N2O/c1-7-5-4-6-12(9(7)3)10(13)8(2)11/h7-9H,4-6,11H2,1-3H3/t7?,8-,9?/m0/s1. The van der Waals surface area contributed by atoms with E-state index in [0.717, 1.165) is 13.0 Å². The number of carbonyl (C=O) groups is 1. The maximum Gasteiger partial charge on any atom is 0.239 e. The zero-order valence-electron chi connectivity index (χ0n) is 8.79. The molecular formula is C10H20N2O. The minimum Gasteiger partial charge on any atom is -0.338 e. The van der Waals surface area contributed by atoms with Crippen molar-refractivity contribution >= 4 is 5.91 Å². The fourth-order valence-corrected chi connectivity index (χ4v) is 1.91. The maximum absolute atomic E-state index is 11.7. The quantitative estimate of drug-likeness (QED) is 0.660. The summed E-state index contributed by atoms with van der Waals surface area (Å²) in [5.74, 6) is 0.704. The molecule has 0 aromatic rings. The average molecular weight is 184 g/mol. The maximum atomic E-state index is 11.7. The van der Waals surface area contributed by atoms with Crippen molar-refractivity contribution in [3.05, 3.63) is 0 Å². The molecule has 2 N–H and O–H groups in total. The first-order valence-electron chi connectivity index (χ1n) is 5.10. The highest BCUT2D eigenvalue weighted by Crippen LogP contribution is 2.22. The van der Waals surface area contributed by atoms with Gasteiger partial charge in [-0.2, -0.15) is 0 Å². The first kappa shape index (κ1) is 10.5. The van der Waals surface area contributed by atoms with Crippen LogP contribution in [0.5, 0.6) is 0 Å². The van der Waals surface area contributed by atoms with Gasteiger partial charge < -0.3 is 10.6 Å². The lowest BCUT2D eigenvalue weighted by Crippen LogP contribution is -2.51. The van der Waals surface area contributed by atoms with Crippen LogP contribution in [0.1, 0.15) is 33.6 Å². The predicted octanol–water partition coefficient (Wildman–Crippen LogP) is 0.981. The van der Waals surface area contributed by atoms with Crippen molar-refractivity contribution in [3.8, 4) is 0 Å². The minimum atomic E-state index is -0.354. The SMILES string of the molecule is CC1CCCN(C(=O)[C@H](C)N)C1C. The molecule has 76 valence electrons. The monoisotopic (exact) mass is 184 g/mol. The van der Waals surface area contributed by atoms with E-state index in [1.807, 2.05) is 4.90 Å². The lowest BCUT2D eigenvalue weighted by Gasteiger charge is -2.38. The van der Waals surface area contributed by atoms with Gasteiger partial charge in [0.25, 0.3) is 0 Å². The summed E-state index contributed by atoms with van der Waals surface area (Å²) < 4.78 is 0. The summed E-state index contributed by atoms with van der Waals surface area (Å²) in [6.45, 7) is 6.95. The number of piperidine rings is 1. The van der Waals surface area contributed by atoms with Gasteiger partial charge in [0.15, 0.2) is 0 Å². The number of rotatable bonds is 1. The van der Waals surface area contributed by atoms with Gasteiger partial charge in [0, 0.05) is 12.6 Å². The molecular weight excluding hydrogens is 164 g/mol. The Morgan fingerprint density at radius 3 is 2.69 bits per heavy atom. The Morgan fingerprint density at radius 1 is 1.54 bits per heavy atom. The molecule has 0 saturated carbocycles. The third kappa shape index (κ3) is 2.21. The molecule has 0 aliphatic carbocycles. The summed E-state index contributed by atoms with van der Waals surface area (Å²) in [5, 5.41) is 0. The van der Waals surface area contributed by atoms with Gasteiger partial charge in [-0.3, -0.25) is 4.79 Å². The summed E-state index contributed by atoms with van der Waals surface area (Å²) in [6.07, 6.45) is 2.34. The third-order valence-corrected chi connectivity index (χ3v) is 3.05. The van der Waals surface area contributed by atoms with E-state index in [9.17, 15) is 4.79 Å². The van der Waals surface area contributed by atoms with Crippen LogP contribution in [0, 0.1) is 5.92 Å². The smallest absolute Gasteiger partial charge is 0.239 e. The number of hydrogen-bond donors (Lipinski definition) is 1. The molecule has 3 heteroatoms. The molecule has 1 rings (SSSR count). The van der Waals surface area contributed by atoms with Crippen LogP contribution in [0.2, 0.25) is 0 Å². The Balaban J connectivity index is 2.62. The highest BCUT2D eigenvalue weighted by molar-refractivity contribution is 5.81. The normalized spacial score (nSPS) is 31.5. The van der Waals surface area contributed by atoms with Crippen molar-refractivity contribution < 1.29 is 4.79 Å². The Morgan fingerprint density at radius 2 is 2.15 bits per heavy atom. The second kappa shape index (κ2) is 4.09. The summed E-state index contributed by atoms with van der Waals surface area (Å²) in [7, 11) is 0. The number of nitrogens with two attached hydrogens (primary N) is 1. The average Bonchev–Trinajstić information content (AvgIpc) is 2.08. The number of nitrogens with zero attached hydrogens (tertiary/aromatic N) is 1. The van der Waals surface area contributed by atoms with E-state index in [1.54, 1.807) is 6.92 Å². The molecule has 3 nitrogen and oxygen atoms in total. The number of likely N-dealkylation sites (tertiary alicyclic amines) is 1. The van der Waals surface area contributed by atoms with Crippen molar-refractivity contribution in [3.63, 3.8) is 0 Å². The summed E-state index contributed by atoms with van der Waals surface area (Å²) in [6, 6.07) is -0.000000000000000222. The van der Waals surface area contributed by atoms with Crippen molar-refractivity contribution in [1.82, 2.24) is 4.90 Å². The highest BCUT2D eigenvalue weighted by Gasteiger charge is 2.29. The van der Waals surface area contributed by atoms with Gasteiger partial charge in [-0.25, -0.2) is 0 Å². The summed E-state index contributed by atoms with van der Waals surface area (Å²) in [5.41, 5.74) is 5.58. The number of amides is 1. The van der Waals surface area contributed by atoms with Gasteiger partial charge in [-0.1, -0.05) is 6.92 Å². The van der Waals surface area contributed by atoms with Crippen LogP contribution in [-0.2, 0) is 4.79 Å². The largest absolute Gasteiger partial charge is 0.338 e. The van der Waals surface area contributed by atoms with Gasteiger partial charge in [0.05, 0.1) is 6.04 Å². The molecule has 1 aliphatic heterocycles. The fourth-order valence-electron chi connectivity index (χ4n) is 1.91. The molecule has 3 atom stereocenters. The van der Waals surface area contributed by atoms with Crippen molar-refractivity contribution in [2.24, 2.45) is 11.7 Å². The molecule has 1 amide bonds. The van der Waals surface area contributed by atoms with E-state index < -0.39 is 0 Å². The number of carbonyl (C=O) groups excluding carboxylic acids is 1. The van der Waals surface area contributed by atoms with Crippen LogP contribution in [0.15, 0.2) is 0 Å². The Bertz CT molecular complexity index is 191. The highest BCUT2D eigenvalue weighted by atomic mass is 16.2. The van der Waals surface area contributed by atoms with E-state index in [1.165, 1.54) is 6.42 Å². The molecule has 0 aromatic heterocycles. The van der Waals surface area contributed by atoms with Crippen LogP contribution in [0.25, 0.3) is 0 Å². The van der Waals surface area contributed by atoms with E-state index >= 15 is 0 Å². The van der Waals surface area contributed by atoms with Gasteiger partial charge in [0.2, 0.25) is 5.91 Å². The van der Waals surface area contributed by atoms with Crippen LogP contribution >= 0.6 is 0 Å². The van der Waals surface area contributed by atoms with E-state index in [0.29, 0.717) is 12.0 Å². The van der Waals surface area contributed by atoms with E-state index in [2.05, 4.69) is 13.8 Å². The Kier molecular flexibility index (Phi) is 3.31. The zero-order chi connectivity index (χ0) is 10.0. The molecule has 0 radical (unpaired) electrons. The molecule has 1 saturated heterocycles. The summed E-state index contributed by atoms with van der Waals surface area (Å²) >= 11 is 0. The van der Waals surface area contributed by atoms with E-state index in [4.69, 9.17) is 5.73 Å². The van der Waals surface area contributed by atoms with Crippen molar-refractivity contribution in [2.75, 3.05) is 6.54 Å². The molecule has 0 aromatic carbocycles. The minimum absolute atomic E-state index is 0.0963. The van der Waals surface area contributed by atoms with E-state index in [-0.39, 0.29) is 11.9 Å². The third-order valence-electron chi connectivity index (χ3n) is 3.05. The van der Waals surface area contributed by atoms with Gasteiger partial charge in [-0.05, 0) is 32.6 Å². The molecule has 2 unspecified atom stereocenters. The Hall–Kier alpha value is -0.570. The van der Waals surface area contributed by atoms with Crippen LogP contribution in [0.4, 0.5) is 0 Å². The van der Waals surface area contributed by atoms with Crippen molar-refractivity contribution in [2.45, 2.75) is 45.7 Å².